The van der Waals surface area contributed by atoms with Gasteiger partial charge in [-0.1, -0.05) is 0 Å². The number of halogens is 2. The zero-order chi connectivity index (χ0) is 13.9. The summed E-state index contributed by atoms with van der Waals surface area (Å²) >= 11 is 0. The molecule has 0 amide bonds. The monoisotopic (exact) mass is 298 g/mol. The van der Waals surface area contributed by atoms with E-state index in [0.29, 0.717) is 38.5 Å². The fourth-order valence-corrected chi connectivity index (χ4v) is 3.77. The van der Waals surface area contributed by atoms with Gasteiger partial charge in [-0.15, -0.1) is 0 Å². The van der Waals surface area contributed by atoms with E-state index < -0.39 is 35.0 Å². The smallest absolute Gasteiger partial charge is 0.247 e. The summed E-state index contributed by atoms with van der Waals surface area (Å²) in [6.07, 6.45) is -0.0274. The molecule has 0 radical (unpaired) electrons. The van der Waals surface area contributed by atoms with Crippen molar-refractivity contribution in [1.82, 2.24) is 0 Å². The van der Waals surface area contributed by atoms with Crippen LogP contribution in [0, 0.1) is 0 Å². The van der Waals surface area contributed by atoms with E-state index in [2.05, 4.69) is 0 Å². The van der Waals surface area contributed by atoms with E-state index in [9.17, 15) is 17.2 Å². The summed E-state index contributed by atoms with van der Waals surface area (Å²) in [5.41, 5.74) is 0. The number of hydrogen-bond donors (Lipinski definition) is 0. The Morgan fingerprint density at radius 2 is 1.21 bits per heavy atom. The van der Waals surface area contributed by atoms with Crippen molar-refractivity contribution in [3.8, 4) is 0 Å². The molecule has 4 nitrogen and oxygen atoms in total. The van der Waals surface area contributed by atoms with Crippen LogP contribution < -0.4 is 0 Å². The molecule has 112 valence electrons. The second-order valence-corrected chi connectivity index (χ2v) is 6.57. The summed E-state index contributed by atoms with van der Waals surface area (Å²) in [7, 11) is -4.16. The van der Waals surface area contributed by atoms with E-state index in [1.54, 1.807) is 0 Å². The molecule has 0 bridgehead atoms. The Hall–Kier alpha value is -0.270. The van der Waals surface area contributed by atoms with Crippen LogP contribution in [0.1, 0.15) is 51.4 Å². The highest BCUT2D eigenvalue weighted by atomic mass is 32.3. The average molecular weight is 298 g/mol. The lowest BCUT2D eigenvalue weighted by molar-refractivity contribution is 0.0553. The average Bonchev–Trinajstić information content (AvgIpc) is 2.27. The van der Waals surface area contributed by atoms with Crippen molar-refractivity contribution in [3.63, 3.8) is 0 Å². The van der Waals surface area contributed by atoms with Crippen molar-refractivity contribution in [2.75, 3.05) is 0 Å². The van der Waals surface area contributed by atoms with Crippen molar-refractivity contribution < 1.29 is 25.6 Å². The largest absolute Gasteiger partial charge is 0.400 e. The van der Waals surface area contributed by atoms with Crippen LogP contribution in [0.3, 0.4) is 0 Å². The van der Waals surface area contributed by atoms with Crippen LogP contribution in [0.25, 0.3) is 0 Å². The maximum Gasteiger partial charge on any atom is 0.400 e. The molecule has 2 rings (SSSR count). The van der Waals surface area contributed by atoms with E-state index in [1.165, 1.54) is 0 Å². The molecule has 0 aromatic heterocycles. The normalized spacial score (nSPS) is 37.2. The highest BCUT2D eigenvalue weighted by Crippen LogP contribution is 2.28. The van der Waals surface area contributed by atoms with Crippen LogP contribution in [0.15, 0.2) is 0 Å². The first kappa shape index (κ1) is 15.1. The number of alkyl halides is 2. The first-order valence-corrected chi connectivity index (χ1v) is 8.17. The number of rotatable bonds is 4. The molecule has 0 aromatic rings. The summed E-state index contributed by atoms with van der Waals surface area (Å²) in [4.78, 5) is 0. The topological polar surface area (TPSA) is 52.6 Å². The fourth-order valence-electron chi connectivity index (χ4n) is 2.71. The molecule has 4 atom stereocenters. The molecular formula is C12H20F2O4S. The van der Waals surface area contributed by atoms with Crippen LogP contribution in [-0.4, -0.2) is 33.0 Å². The van der Waals surface area contributed by atoms with Gasteiger partial charge in [0.25, 0.3) is 0 Å². The SMILES string of the molecule is O=S(=O)(OC1CCCC(F)C1)OC1CCCC(F)C1. The van der Waals surface area contributed by atoms with E-state index in [4.69, 9.17) is 8.37 Å². The van der Waals surface area contributed by atoms with Gasteiger partial charge in [-0.05, 0) is 38.5 Å². The minimum Gasteiger partial charge on any atom is -0.247 e. The van der Waals surface area contributed by atoms with Gasteiger partial charge in [0.1, 0.15) is 12.3 Å². The molecular weight excluding hydrogens is 278 g/mol. The predicted octanol–water partition coefficient (Wildman–Crippen LogP) is 2.83. The Labute approximate surface area is 112 Å². The highest BCUT2D eigenvalue weighted by molar-refractivity contribution is 7.81. The Kier molecular flexibility index (Phi) is 5.14. The van der Waals surface area contributed by atoms with Crippen LogP contribution in [0.4, 0.5) is 8.78 Å². The lowest BCUT2D eigenvalue weighted by Gasteiger charge is -2.27. The highest BCUT2D eigenvalue weighted by Gasteiger charge is 2.31. The van der Waals surface area contributed by atoms with Crippen molar-refractivity contribution in [3.05, 3.63) is 0 Å². The summed E-state index contributed by atoms with van der Waals surface area (Å²) in [5.74, 6) is 0. The zero-order valence-corrected chi connectivity index (χ0v) is 11.6. The Morgan fingerprint density at radius 1 is 0.789 bits per heavy atom. The Bertz CT molecular complexity index is 357. The minimum absolute atomic E-state index is 0.0823. The van der Waals surface area contributed by atoms with Gasteiger partial charge < -0.3 is 0 Å². The standard InChI is InChI=1S/C12H20F2O4S/c13-9-3-1-5-11(7-9)17-19(15,16)18-12-6-2-4-10(14)8-12/h9-12H,1-8H2. The van der Waals surface area contributed by atoms with Crippen LogP contribution in [0.5, 0.6) is 0 Å². The third-order valence-corrected chi connectivity index (χ3v) is 4.65. The summed E-state index contributed by atoms with van der Waals surface area (Å²) in [6, 6.07) is 0. The molecule has 4 unspecified atom stereocenters. The van der Waals surface area contributed by atoms with Gasteiger partial charge in [0.2, 0.25) is 0 Å². The molecule has 2 aliphatic carbocycles. The summed E-state index contributed by atoms with van der Waals surface area (Å²) in [6.45, 7) is 0. The van der Waals surface area contributed by atoms with Crippen LogP contribution in [-0.2, 0) is 18.8 Å². The molecule has 19 heavy (non-hydrogen) atoms. The molecule has 2 aliphatic rings. The molecule has 2 fully saturated rings. The van der Waals surface area contributed by atoms with Crippen molar-refractivity contribution in [2.45, 2.75) is 75.9 Å². The van der Waals surface area contributed by atoms with Crippen molar-refractivity contribution >= 4 is 10.4 Å². The van der Waals surface area contributed by atoms with Gasteiger partial charge in [-0.2, -0.15) is 8.42 Å². The maximum atomic E-state index is 13.2. The van der Waals surface area contributed by atoms with Crippen molar-refractivity contribution in [1.29, 1.82) is 0 Å². The first-order valence-electron chi connectivity index (χ1n) is 6.84. The van der Waals surface area contributed by atoms with Gasteiger partial charge in [-0.25, -0.2) is 17.1 Å². The van der Waals surface area contributed by atoms with E-state index in [0.717, 1.165) is 0 Å². The minimum atomic E-state index is -4.16. The molecule has 0 aliphatic heterocycles. The van der Waals surface area contributed by atoms with E-state index in [-0.39, 0.29) is 12.8 Å². The Balaban J connectivity index is 1.84. The second kappa shape index (κ2) is 6.45. The van der Waals surface area contributed by atoms with Crippen molar-refractivity contribution in [2.24, 2.45) is 0 Å². The van der Waals surface area contributed by atoms with Gasteiger partial charge >= 0.3 is 10.4 Å². The maximum absolute atomic E-state index is 13.2. The predicted molar refractivity (Wildman–Crippen MR) is 65.4 cm³/mol. The van der Waals surface area contributed by atoms with Crippen LogP contribution >= 0.6 is 0 Å². The number of hydrogen-bond acceptors (Lipinski definition) is 4. The molecule has 0 heterocycles. The van der Waals surface area contributed by atoms with E-state index in [1.807, 2.05) is 0 Å². The van der Waals surface area contributed by atoms with Crippen LogP contribution in [0.2, 0.25) is 0 Å². The van der Waals surface area contributed by atoms with Gasteiger partial charge in [0.15, 0.2) is 0 Å². The molecule has 0 saturated heterocycles. The van der Waals surface area contributed by atoms with E-state index >= 15 is 0 Å². The van der Waals surface area contributed by atoms with Gasteiger partial charge in [0, 0.05) is 12.8 Å². The van der Waals surface area contributed by atoms with Gasteiger partial charge in [-0.3, -0.25) is 0 Å². The zero-order valence-electron chi connectivity index (χ0n) is 10.8. The summed E-state index contributed by atoms with van der Waals surface area (Å²) in [5, 5.41) is 0. The molecule has 7 heteroatoms. The lowest BCUT2D eigenvalue weighted by Crippen LogP contribution is -2.31. The molecule has 0 N–H and O–H groups in total. The molecule has 0 spiro atoms. The second-order valence-electron chi connectivity index (χ2n) is 5.37. The third kappa shape index (κ3) is 4.96. The lowest BCUT2D eigenvalue weighted by atomic mass is 9.96. The first-order chi connectivity index (χ1) is 8.94. The quantitative estimate of drug-likeness (QED) is 0.801. The molecule has 0 aromatic carbocycles. The fraction of sp³-hybridized carbons (Fsp3) is 1.00. The molecule has 2 saturated carbocycles. The van der Waals surface area contributed by atoms with Gasteiger partial charge in [0.05, 0.1) is 12.2 Å². The summed E-state index contributed by atoms with van der Waals surface area (Å²) < 4.78 is 59.4. The third-order valence-electron chi connectivity index (χ3n) is 3.63. The Morgan fingerprint density at radius 3 is 1.58 bits per heavy atom.